The molecule has 34 heavy (non-hydrogen) atoms. The number of aryl methyl sites for hydroxylation is 1. The van der Waals surface area contributed by atoms with Crippen molar-refractivity contribution in [3.63, 3.8) is 0 Å². The van der Waals surface area contributed by atoms with Crippen LogP contribution in [0.4, 0.5) is 0 Å². The van der Waals surface area contributed by atoms with Gasteiger partial charge in [-0.2, -0.15) is 0 Å². The van der Waals surface area contributed by atoms with Crippen LogP contribution in [0.1, 0.15) is 76.2 Å². The smallest absolute Gasteiger partial charge is 0.303 e. The number of allylic oxidation sites excluding steroid dienone is 2. The number of aliphatic carboxylic acids is 1. The second-order valence-corrected chi connectivity index (χ2v) is 9.85. The largest absolute Gasteiger partial charge is 0.481 e. The van der Waals surface area contributed by atoms with E-state index < -0.39 is 12.1 Å². The van der Waals surface area contributed by atoms with Crippen molar-refractivity contribution < 1.29 is 29.6 Å². The first-order chi connectivity index (χ1) is 16.5. The second kappa shape index (κ2) is 14.6. The normalized spacial score (nSPS) is 28.4. The highest BCUT2D eigenvalue weighted by molar-refractivity contribution is 5.66. The van der Waals surface area contributed by atoms with Gasteiger partial charge in [-0.1, -0.05) is 42.5 Å². The lowest BCUT2D eigenvalue weighted by Gasteiger charge is -2.30. The Balaban J connectivity index is 1.53. The first kappa shape index (κ1) is 26.9. The van der Waals surface area contributed by atoms with Crippen LogP contribution in [0.25, 0.3) is 0 Å². The first-order valence-electron chi connectivity index (χ1n) is 13.1. The van der Waals surface area contributed by atoms with E-state index in [0.29, 0.717) is 19.3 Å². The Bertz CT molecular complexity index is 730. The Kier molecular flexibility index (Phi) is 11.6. The van der Waals surface area contributed by atoms with E-state index in [2.05, 4.69) is 18.2 Å². The minimum Gasteiger partial charge on any atom is -0.481 e. The monoisotopic (exact) mass is 474 g/mol. The van der Waals surface area contributed by atoms with E-state index in [9.17, 15) is 15.0 Å². The molecule has 2 fully saturated rings. The molecule has 6 nitrogen and oxygen atoms in total. The summed E-state index contributed by atoms with van der Waals surface area (Å²) in [7, 11) is 0. The number of unbranched alkanes of at least 4 members (excludes halogenated alkanes) is 1. The molecule has 1 heterocycles. The Labute approximate surface area is 204 Å². The van der Waals surface area contributed by atoms with Crippen molar-refractivity contribution >= 4 is 5.97 Å². The van der Waals surface area contributed by atoms with Gasteiger partial charge in [0.15, 0.2) is 6.29 Å². The number of aliphatic hydroxyl groups is 2. The lowest BCUT2D eigenvalue weighted by molar-refractivity contribution is -0.196. The quantitative estimate of drug-likeness (QED) is 0.263. The van der Waals surface area contributed by atoms with E-state index in [-0.39, 0.29) is 36.8 Å². The van der Waals surface area contributed by atoms with Crippen LogP contribution in [0.15, 0.2) is 42.5 Å². The summed E-state index contributed by atoms with van der Waals surface area (Å²) in [6.45, 7) is 0.727. The van der Waals surface area contributed by atoms with Crippen LogP contribution in [0.2, 0.25) is 0 Å². The summed E-state index contributed by atoms with van der Waals surface area (Å²) in [5.74, 6) is -0.531. The van der Waals surface area contributed by atoms with Crippen molar-refractivity contribution in [2.75, 3.05) is 6.61 Å². The summed E-state index contributed by atoms with van der Waals surface area (Å²) >= 11 is 0. The number of benzene rings is 1. The lowest BCUT2D eigenvalue weighted by Crippen LogP contribution is -2.32. The number of rotatable bonds is 14. The van der Waals surface area contributed by atoms with Crippen LogP contribution in [0, 0.1) is 11.8 Å². The van der Waals surface area contributed by atoms with Gasteiger partial charge in [0, 0.05) is 19.4 Å². The number of ether oxygens (including phenoxy) is 2. The summed E-state index contributed by atoms with van der Waals surface area (Å²) in [5, 5.41) is 30.3. The molecule has 1 saturated heterocycles. The molecule has 3 N–H and O–H groups in total. The van der Waals surface area contributed by atoms with E-state index in [1.54, 1.807) is 0 Å². The van der Waals surface area contributed by atoms with Crippen LogP contribution in [-0.4, -0.2) is 52.5 Å². The minimum absolute atomic E-state index is 0.0650. The van der Waals surface area contributed by atoms with E-state index in [0.717, 1.165) is 58.0 Å². The third kappa shape index (κ3) is 9.14. The molecule has 1 aliphatic carbocycles. The van der Waals surface area contributed by atoms with Gasteiger partial charge in [-0.3, -0.25) is 4.79 Å². The summed E-state index contributed by atoms with van der Waals surface area (Å²) in [5.41, 5.74) is 1.24. The zero-order chi connectivity index (χ0) is 24.2. The maximum atomic E-state index is 10.9. The fraction of sp³-hybridized carbons (Fsp3) is 0.679. The van der Waals surface area contributed by atoms with Gasteiger partial charge in [0.05, 0.1) is 18.3 Å². The molecule has 6 atom stereocenters. The van der Waals surface area contributed by atoms with Crippen LogP contribution in [-0.2, 0) is 20.7 Å². The average Bonchev–Trinajstić information content (AvgIpc) is 3.13. The highest BCUT2D eigenvalue weighted by Gasteiger charge is 2.43. The van der Waals surface area contributed by atoms with Gasteiger partial charge < -0.3 is 24.8 Å². The van der Waals surface area contributed by atoms with Crippen molar-refractivity contribution in [3.05, 3.63) is 48.0 Å². The number of hydrogen-bond acceptors (Lipinski definition) is 5. The molecule has 0 bridgehead atoms. The summed E-state index contributed by atoms with van der Waals surface area (Å²) in [6, 6.07) is 10.2. The second-order valence-electron chi connectivity index (χ2n) is 9.85. The van der Waals surface area contributed by atoms with Crippen LogP contribution >= 0.6 is 0 Å². The van der Waals surface area contributed by atoms with Crippen molar-refractivity contribution in [2.45, 2.75) is 102 Å². The molecule has 1 unspecified atom stereocenters. The standard InChI is InChI=1S/C28H42O6/c29-22(16-15-21-10-4-3-5-11-21)17-18-24-23(12-6-1-2-7-13-27(31)32)25(30)20-26(24)34-28-14-8-9-19-33-28/h1,3-6,10-11,22-26,28-30H,2,7-9,12-20H2,(H,31,32)/b6-1-/t22-,23+,24+,25-,26+,28?/m0/s1. The molecule has 0 aromatic heterocycles. The predicted molar refractivity (Wildman–Crippen MR) is 131 cm³/mol. The summed E-state index contributed by atoms with van der Waals surface area (Å²) in [6.07, 6.45) is 12.0. The molecular formula is C28H42O6. The number of carbonyl (C=O) groups is 1. The van der Waals surface area contributed by atoms with Crippen molar-refractivity contribution in [3.8, 4) is 0 Å². The van der Waals surface area contributed by atoms with Crippen LogP contribution in [0.5, 0.6) is 0 Å². The Morgan fingerprint density at radius 2 is 1.97 bits per heavy atom. The van der Waals surface area contributed by atoms with Gasteiger partial charge in [-0.25, -0.2) is 0 Å². The summed E-state index contributed by atoms with van der Waals surface area (Å²) in [4.78, 5) is 10.7. The van der Waals surface area contributed by atoms with Gasteiger partial charge in [0.25, 0.3) is 0 Å². The molecule has 190 valence electrons. The zero-order valence-electron chi connectivity index (χ0n) is 20.3. The first-order valence-corrected chi connectivity index (χ1v) is 13.1. The molecule has 0 amide bonds. The topological polar surface area (TPSA) is 96.2 Å². The number of carboxylic acids is 1. The van der Waals surface area contributed by atoms with Crippen LogP contribution in [0.3, 0.4) is 0 Å². The molecule has 6 heteroatoms. The SMILES string of the molecule is O=C(O)CCC/C=C\C[C@@H]1[C@@H](CC[C@@H](O)CCc2ccccc2)[C@H](OC2CCCCO2)C[C@@H]1O. The van der Waals surface area contributed by atoms with E-state index in [1.807, 2.05) is 24.3 Å². The van der Waals surface area contributed by atoms with E-state index >= 15 is 0 Å². The third-order valence-electron chi connectivity index (χ3n) is 7.24. The van der Waals surface area contributed by atoms with Gasteiger partial charge in [-0.05, 0) is 81.6 Å². The Morgan fingerprint density at radius 3 is 2.71 bits per heavy atom. The number of hydrogen-bond donors (Lipinski definition) is 3. The maximum absolute atomic E-state index is 10.9. The third-order valence-corrected chi connectivity index (χ3v) is 7.24. The van der Waals surface area contributed by atoms with Crippen LogP contribution < -0.4 is 0 Å². The molecule has 3 rings (SSSR count). The molecule has 1 saturated carbocycles. The molecule has 2 aliphatic rings. The van der Waals surface area contributed by atoms with Crippen molar-refractivity contribution in [1.82, 2.24) is 0 Å². The molecule has 1 aromatic carbocycles. The molecule has 1 aliphatic heterocycles. The fourth-order valence-corrected chi connectivity index (χ4v) is 5.30. The Hall–Kier alpha value is -1.73. The number of carboxylic acid groups (broad SMARTS) is 1. The van der Waals surface area contributed by atoms with Gasteiger partial charge in [0.2, 0.25) is 0 Å². The van der Waals surface area contributed by atoms with Gasteiger partial charge in [0.1, 0.15) is 0 Å². The molecule has 0 spiro atoms. The zero-order valence-corrected chi connectivity index (χ0v) is 20.3. The highest BCUT2D eigenvalue weighted by atomic mass is 16.7. The van der Waals surface area contributed by atoms with Crippen molar-refractivity contribution in [2.24, 2.45) is 11.8 Å². The van der Waals surface area contributed by atoms with Gasteiger partial charge in [-0.15, -0.1) is 0 Å². The Morgan fingerprint density at radius 1 is 1.15 bits per heavy atom. The summed E-state index contributed by atoms with van der Waals surface area (Å²) < 4.78 is 12.1. The predicted octanol–water partition coefficient (Wildman–Crippen LogP) is 4.87. The maximum Gasteiger partial charge on any atom is 0.303 e. The highest BCUT2D eigenvalue weighted by Crippen LogP contribution is 2.41. The van der Waals surface area contributed by atoms with E-state index in [4.69, 9.17) is 14.6 Å². The number of aliphatic hydroxyl groups excluding tert-OH is 2. The lowest BCUT2D eigenvalue weighted by atomic mass is 9.85. The molecule has 1 aromatic rings. The molecular weight excluding hydrogens is 432 g/mol. The molecule has 0 radical (unpaired) electrons. The van der Waals surface area contributed by atoms with Gasteiger partial charge >= 0.3 is 5.97 Å². The minimum atomic E-state index is -0.768. The average molecular weight is 475 g/mol. The van der Waals surface area contributed by atoms with E-state index in [1.165, 1.54) is 5.56 Å². The fourth-order valence-electron chi connectivity index (χ4n) is 5.30. The van der Waals surface area contributed by atoms with Crippen molar-refractivity contribution in [1.29, 1.82) is 0 Å².